The summed E-state index contributed by atoms with van der Waals surface area (Å²) in [5, 5.41) is 15.6. The van der Waals surface area contributed by atoms with E-state index in [4.69, 9.17) is 12.2 Å². The number of aromatic hydroxyl groups is 1. The lowest BCUT2D eigenvalue weighted by atomic mass is 10.2. The molecular weight excluding hydrogens is 410 g/mol. The van der Waals surface area contributed by atoms with Crippen LogP contribution in [0.5, 0.6) is 5.75 Å². The van der Waals surface area contributed by atoms with Gasteiger partial charge in [0.05, 0.1) is 4.90 Å². The number of carbonyl (C=O) groups excluding carboxylic acids is 1. The number of nitrogens with one attached hydrogen (secondary N) is 3. The molecule has 0 radical (unpaired) electrons. The van der Waals surface area contributed by atoms with Gasteiger partial charge in [-0.2, -0.15) is 0 Å². The zero-order chi connectivity index (χ0) is 20.9. The Bertz CT molecular complexity index is 1110. The average Bonchev–Trinajstić information content (AvgIpc) is 2.69. The number of para-hydroxylation sites is 1. The monoisotopic (exact) mass is 427 g/mol. The van der Waals surface area contributed by atoms with Crippen LogP contribution in [0.25, 0.3) is 0 Å². The first-order chi connectivity index (χ1) is 13.8. The topological polar surface area (TPSA) is 108 Å². The second-order valence-corrected chi connectivity index (χ2v) is 8.04. The molecule has 0 unspecified atom stereocenters. The van der Waals surface area contributed by atoms with Gasteiger partial charge >= 0.3 is 0 Å². The summed E-state index contributed by atoms with van der Waals surface area (Å²) in [6.07, 6.45) is 0. The van der Waals surface area contributed by atoms with E-state index in [0.717, 1.165) is 5.69 Å². The Kier molecular flexibility index (Phi) is 6.10. The smallest absolute Gasteiger partial charge is 0.265 e. The minimum absolute atomic E-state index is 0.0211. The number of hydrogen-bond acceptors (Lipinski definition) is 5. The summed E-state index contributed by atoms with van der Waals surface area (Å²) in [6, 6.07) is 20.4. The number of thiocarbonyl (C=S) groups is 1. The maximum Gasteiger partial charge on any atom is 0.265 e. The van der Waals surface area contributed by atoms with Crippen LogP contribution in [-0.2, 0) is 10.0 Å². The molecule has 0 fully saturated rings. The quantitative estimate of drug-likeness (QED) is 0.463. The van der Waals surface area contributed by atoms with Crippen LogP contribution < -0.4 is 15.4 Å². The highest BCUT2D eigenvalue weighted by Gasteiger charge is 2.18. The third-order valence-corrected chi connectivity index (χ3v) is 5.36. The minimum Gasteiger partial charge on any atom is -0.508 e. The lowest BCUT2D eigenvalue weighted by Crippen LogP contribution is -2.30. The molecule has 29 heavy (non-hydrogen) atoms. The average molecular weight is 428 g/mol. The molecule has 1 amide bonds. The Labute approximate surface area is 173 Å². The molecule has 0 aliphatic heterocycles. The van der Waals surface area contributed by atoms with Crippen molar-refractivity contribution in [3.63, 3.8) is 0 Å². The third-order valence-electron chi connectivity index (χ3n) is 3.81. The number of carbonyl (C=O) groups is 1. The van der Waals surface area contributed by atoms with Gasteiger partial charge in [-0.1, -0.05) is 18.2 Å². The van der Waals surface area contributed by atoms with Crippen LogP contribution in [0.1, 0.15) is 10.4 Å². The molecule has 0 spiro atoms. The maximum absolute atomic E-state index is 12.4. The van der Waals surface area contributed by atoms with Crippen LogP contribution in [-0.4, -0.2) is 24.5 Å². The van der Waals surface area contributed by atoms with E-state index in [0.29, 0.717) is 10.8 Å². The number of phenols is 1. The zero-order valence-electron chi connectivity index (χ0n) is 15.0. The molecule has 0 aliphatic carbocycles. The zero-order valence-corrected chi connectivity index (χ0v) is 16.6. The fourth-order valence-electron chi connectivity index (χ4n) is 2.39. The van der Waals surface area contributed by atoms with Crippen molar-refractivity contribution in [2.45, 2.75) is 4.90 Å². The van der Waals surface area contributed by atoms with Gasteiger partial charge in [-0.3, -0.25) is 4.79 Å². The van der Waals surface area contributed by atoms with Gasteiger partial charge in [-0.25, -0.2) is 13.1 Å². The van der Waals surface area contributed by atoms with E-state index in [2.05, 4.69) is 10.6 Å². The number of rotatable bonds is 5. The van der Waals surface area contributed by atoms with Gasteiger partial charge in [0.25, 0.3) is 15.9 Å². The van der Waals surface area contributed by atoms with Crippen molar-refractivity contribution in [3.8, 4) is 5.75 Å². The fraction of sp³-hybridized carbons (Fsp3) is 0. The molecule has 0 aliphatic rings. The van der Waals surface area contributed by atoms with Gasteiger partial charge < -0.3 is 15.7 Å². The molecule has 0 saturated heterocycles. The Hall–Kier alpha value is -3.43. The second kappa shape index (κ2) is 8.72. The normalized spacial score (nSPS) is 10.8. The summed E-state index contributed by atoms with van der Waals surface area (Å²) in [6.45, 7) is 0. The molecule has 7 nitrogen and oxygen atoms in total. The van der Waals surface area contributed by atoms with Crippen molar-refractivity contribution in [1.82, 2.24) is 4.72 Å². The van der Waals surface area contributed by atoms with Gasteiger partial charge in [0.15, 0.2) is 5.11 Å². The van der Waals surface area contributed by atoms with Gasteiger partial charge in [0, 0.05) is 16.9 Å². The molecule has 3 rings (SSSR count). The molecule has 0 saturated carbocycles. The Balaban J connectivity index is 1.64. The minimum atomic E-state index is -4.05. The van der Waals surface area contributed by atoms with Crippen LogP contribution in [0.3, 0.4) is 0 Å². The Morgan fingerprint density at radius 3 is 1.93 bits per heavy atom. The van der Waals surface area contributed by atoms with Crippen LogP contribution in [0.4, 0.5) is 11.4 Å². The predicted octanol–water partition coefficient (Wildman–Crippen LogP) is 3.32. The molecule has 3 aromatic carbocycles. The molecule has 4 N–H and O–H groups in total. The molecule has 9 heteroatoms. The highest BCUT2D eigenvalue weighted by atomic mass is 32.2. The van der Waals surface area contributed by atoms with E-state index in [1.54, 1.807) is 12.1 Å². The summed E-state index contributed by atoms with van der Waals surface area (Å²) in [4.78, 5) is 12.0. The van der Waals surface area contributed by atoms with E-state index in [9.17, 15) is 18.3 Å². The lowest BCUT2D eigenvalue weighted by molar-refractivity contribution is 0.0981. The molecule has 148 valence electrons. The first kappa shape index (κ1) is 20.3. The molecule has 0 aromatic heterocycles. The van der Waals surface area contributed by atoms with Crippen molar-refractivity contribution in [2.24, 2.45) is 0 Å². The molecule has 0 bridgehead atoms. The SMILES string of the molecule is O=C(NS(=O)(=O)c1ccc(NC(=S)Nc2ccccc2)cc1)c1ccc(O)cc1. The van der Waals surface area contributed by atoms with Crippen molar-refractivity contribution < 1.29 is 18.3 Å². The fourth-order valence-corrected chi connectivity index (χ4v) is 3.59. The number of sulfonamides is 1. The summed E-state index contributed by atoms with van der Waals surface area (Å²) in [7, 11) is -4.05. The van der Waals surface area contributed by atoms with Gasteiger partial charge in [0.1, 0.15) is 5.75 Å². The van der Waals surface area contributed by atoms with Gasteiger partial charge in [0.2, 0.25) is 0 Å². The van der Waals surface area contributed by atoms with Gasteiger partial charge in [-0.15, -0.1) is 0 Å². The van der Waals surface area contributed by atoms with Gasteiger partial charge in [-0.05, 0) is 72.9 Å². The van der Waals surface area contributed by atoms with Crippen LogP contribution >= 0.6 is 12.2 Å². The highest BCUT2D eigenvalue weighted by Crippen LogP contribution is 2.16. The Morgan fingerprint density at radius 2 is 1.34 bits per heavy atom. The first-order valence-corrected chi connectivity index (χ1v) is 10.3. The number of benzene rings is 3. The van der Waals surface area contributed by atoms with Crippen molar-refractivity contribution in [2.75, 3.05) is 10.6 Å². The lowest BCUT2D eigenvalue weighted by Gasteiger charge is -2.11. The number of phenolic OH excluding ortho intramolecular Hbond substituents is 1. The summed E-state index contributed by atoms with van der Waals surface area (Å²) >= 11 is 5.23. The molecular formula is C20H17N3O4S2. The van der Waals surface area contributed by atoms with Crippen LogP contribution in [0, 0.1) is 0 Å². The second-order valence-electron chi connectivity index (χ2n) is 5.95. The van der Waals surface area contributed by atoms with Crippen molar-refractivity contribution in [3.05, 3.63) is 84.4 Å². The molecule has 0 atom stereocenters. The maximum atomic E-state index is 12.4. The van der Waals surface area contributed by atoms with Crippen LogP contribution in [0.2, 0.25) is 0 Å². The number of amides is 1. The van der Waals surface area contributed by atoms with E-state index in [1.165, 1.54) is 36.4 Å². The van der Waals surface area contributed by atoms with E-state index in [-0.39, 0.29) is 16.2 Å². The number of hydrogen-bond donors (Lipinski definition) is 4. The predicted molar refractivity (Wildman–Crippen MR) is 115 cm³/mol. The summed E-state index contributed by atoms with van der Waals surface area (Å²) in [5.74, 6) is -0.812. The third kappa shape index (κ3) is 5.53. The molecule has 3 aromatic rings. The molecule has 0 heterocycles. The standard InChI is InChI=1S/C20H17N3O4S2/c24-17-10-6-14(7-11-17)19(25)23-29(26,27)18-12-8-16(9-13-18)22-20(28)21-15-4-2-1-3-5-15/h1-13,24H,(H,23,25)(H2,21,22,28). The summed E-state index contributed by atoms with van der Waals surface area (Å²) < 4.78 is 26.8. The first-order valence-electron chi connectivity index (χ1n) is 8.43. The largest absolute Gasteiger partial charge is 0.508 e. The van der Waals surface area contributed by atoms with Crippen LogP contribution in [0.15, 0.2) is 83.8 Å². The Morgan fingerprint density at radius 1 is 0.793 bits per heavy atom. The highest BCUT2D eigenvalue weighted by molar-refractivity contribution is 7.90. The van der Waals surface area contributed by atoms with E-state index < -0.39 is 15.9 Å². The van der Waals surface area contributed by atoms with E-state index >= 15 is 0 Å². The van der Waals surface area contributed by atoms with Crippen molar-refractivity contribution >= 4 is 44.6 Å². The van der Waals surface area contributed by atoms with E-state index in [1.807, 2.05) is 35.1 Å². The summed E-state index contributed by atoms with van der Waals surface area (Å²) in [5.41, 5.74) is 1.52. The number of anilines is 2. The van der Waals surface area contributed by atoms with Crippen molar-refractivity contribution in [1.29, 1.82) is 0 Å².